The molecular formula is C78H69N15O12. The normalized spacial score (nSPS) is 13.6. The molecule has 13 rings (SSSR count). The molecule has 0 spiro atoms. The smallest absolute Gasteiger partial charge is 0.340 e. The monoisotopic (exact) mass is 1410 g/mol. The number of carboxylic acids is 1. The quantitative estimate of drug-likeness (QED) is 0.0188. The molecule has 3 aliphatic rings. The van der Waals surface area contributed by atoms with Crippen LogP contribution >= 0.6 is 0 Å². The Morgan fingerprint density at radius 3 is 1.27 bits per heavy atom. The number of hydrogen-bond acceptors (Lipinski definition) is 18. The van der Waals surface area contributed by atoms with E-state index in [1.54, 1.807) is 146 Å². The van der Waals surface area contributed by atoms with Crippen molar-refractivity contribution in [3.05, 3.63) is 273 Å². The third kappa shape index (κ3) is 16.1. The van der Waals surface area contributed by atoms with E-state index in [1.807, 2.05) is 12.1 Å². The number of imidazole rings is 1. The van der Waals surface area contributed by atoms with Crippen LogP contribution in [0.15, 0.2) is 182 Å². The van der Waals surface area contributed by atoms with Gasteiger partial charge in [-0.15, -0.1) is 0 Å². The summed E-state index contributed by atoms with van der Waals surface area (Å²) in [7, 11) is 3.92. The van der Waals surface area contributed by atoms with Crippen LogP contribution < -0.4 is 38.5 Å². The molecule has 27 heteroatoms. The lowest BCUT2D eigenvalue weighted by Crippen LogP contribution is -2.46. The summed E-state index contributed by atoms with van der Waals surface area (Å²) in [4.78, 5) is 128. The molecule has 3 saturated carbocycles. The van der Waals surface area contributed by atoms with Gasteiger partial charge in [-0.3, -0.25) is 24.0 Å². The fraction of sp³-hybridized carbons (Fsp3) is 0.192. The number of benzene rings is 6. The predicted octanol–water partition coefficient (Wildman–Crippen LogP) is 13.4. The molecule has 27 nitrogen and oxygen atoms in total. The van der Waals surface area contributed by atoms with E-state index in [0.717, 1.165) is 54.6 Å². The highest BCUT2D eigenvalue weighted by molar-refractivity contribution is 6.08. The SMILES string of the molecule is COC(=O)c1cccc(N)c1N.[C-]#[N+]c1cccc(C(=O)Nc2ccc(C3(C(=O)Nc4cccc(C(=O)OC)c4N)CCC3)cn2)c1.[C-]#[N+]c1cccc(C(=O)Nc2ccc(C3(C(=O)O)CCC3)cn2)c1.[C-]#[N+]c1cccc(C(=O)Nc2ccc(C3(c4nc5c(C(=O)OC)cccc5[nH]4)CCC3)cn2)c1. The molecule has 10 aromatic rings. The van der Waals surface area contributed by atoms with Crippen molar-refractivity contribution >= 4 is 116 Å². The van der Waals surface area contributed by atoms with Gasteiger partial charge in [0, 0.05) is 35.3 Å². The van der Waals surface area contributed by atoms with Gasteiger partial charge in [0.05, 0.1) is 102 Å². The van der Waals surface area contributed by atoms with Crippen molar-refractivity contribution in [3.8, 4) is 0 Å². The average molecular weight is 1410 g/mol. The predicted molar refractivity (Wildman–Crippen MR) is 393 cm³/mol. The number of hydrogen-bond donors (Lipinski definition) is 9. The molecule has 4 aromatic heterocycles. The highest BCUT2D eigenvalue weighted by Crippen LogP contribution is 2.49. The summed E-state index contributed by atoms with van der Waals surface area (Å²) in [6.07, 6.45) is 12.0. The fourth-order valence-corrected chi connectivity index (χ4v) is 12.1. The van der Waals surface area contributed by atoms with E-state index in [1.165, 1.54) is 45.7 Å². The standard InChI is InChI=1S/C26H23N5O4.C26H21N5O3.C18H15N3O3.C8H10N2O2/c1-28-18-7-3-6-16(14-18)23(32)31-21-11-10-17(15-29-21)26(12-5-13-26)25(34)30-20-9-4-8-19(22(20)27)24(33)35-2;1-27-18-7-3-6-16(14-18)23(32)30-21-11-10-17(15-28-21)26(12-5-13-26)25-29-20-9-4-8-19(22(20)31-25)24(33)34-2;1-19-14-5-2-4-12(10-14)16(22)21-15-7-6-13(11-20-15)18(17(23)24)8-3-9-18;1-12-8(11)5-3-2-4-6(9)7(5)10/h3-4,6-11,14-15H,5,12-13,27H2,2H3,(H,30,34)(H,29,31,32);3-4,6-11,14-15H,5,12-13H2,2H3,(H,29,31)(H,28,30,32);2,4-7,10-11H,3,8-9H2,(H,23,24)(H,20,21,22);2-4H,9-10H2,1H3. The highest BCUT2D eigenvalue weighted by Gasteiger charge is 2.48. The van der Waals surface area contributed by atoms with Crippen molar-refractivity contribution in [1.29, 1.82) is 0 Å². The molecule has 6 aromatic carbocycles. The zero-order valence-corrected chi connectivity index (χ0v) is 57.0. The minimum Gasteiger partial charge on any atom is -0.481 e. The number of pyridine rings is 3. The summed E-state index contributed by atoms with van der Waals surface area (Å²) in [6.45, 7) is 21.2. The van der Waals surface area contributed by atoms with Gasteiger partial charge in [-0.1, -0.05) is 110 Å². The van der Waals surface area contributed by atoms with Crippen molar-refractivity contribution < 1.29 is 57.7 Å². The topological polar surface area (TPSA) is 391 Å². The number of carboxylic acid groups (broad SMARTS) is 1. The molecule has 0 bridgehead atoms. The summed E-state index contributed by atoms with van der Waals surface area (Å²) < 4.78 is 14.1. The molecule has 12 N–H and O–H groups in total. The summed E-state index contributed by atoms with van der Waals surface area (Å²) >= 11 is 0. The number of methoxy groups -OCH3 is 3. The van der Waals surface area contributed by atoms with Crippen LogP contribution in [0.2, 0.25) is 0 Å². The zero-order valence-electron chi connectivity index (χ0n) is 57.0. The van der Waals surface area contributed by atoms with Crippen molar-refractivity contribution in [2.75, 3.05) is 59.8 Å². The van der Waals surface area contributed by atoms with E-state index < -0.39 is 34.7 Å². The highest BCUT2D eigenvalue weighted by atomic mass is 16.5. The number of H-pyrrole nitrogens is 1. The van der Waals surface area contributed by atoms with Crippen molar-refractivity contribution in [2.45, 2.75) is 74.0 Å². The number of nitrogens with one attached hydrogen (secondary N) is 5. The number of carbonyl (C=O) groups is 8. The number of para-hydroxylation sites is 3. The van der Waals surface area contributed by atoms with Gasteiger partial charge in [0.15, 0.2) is 17.1 Å². The Bertz CT molecular complexity index is 5120. The van der Waals surface area contributed by atoms with Crippen LogP contribution in [-0.4, -0.2) is 98.9 Å². The van der Waals surface area contributed by atoms with Crippen molar-refractivity contribution in [3.63, 3.8) is 0 Å². The van der Waals surface area contributed by atoms with Crippen LogP contribution in [0, 0.1) is 19.7 Å². The van der Waals surface area contributed by atoms with E-state index >= 15 is 0 Å². The molecule has 528 valence electrons. The maximum atomic E-state index is 13.3. The van der Waals surface area contributed by atoms with Gasteiger partial charge in [0.1, 0.15) is 28.8 Å². The van der Waals surface area contributed by atoms with Crippen molar-refractivity contribution in [1.82, 2.24) is 24.9 Å². The summed E-state index contributed by atoms with van der Waals surface area (Å²) in [5.74, 6) is -1.73. The second-order valence-corrected chi connectivity index (χ2v) is 24.5. The van der Waals surface area contributed by atoms with Gasteiger partial charge in [-0.2, -0.15) is 0 Å². The Balaban J connectivity index is 0.000000158. The number of anilines is 7. The molecule has 4 amide bonds. The molecule has 4 heterocycles. The number of fused-ring (bicyclic) bond motifs is 1. The number of aliphatic carboxylic acids is 1. The molecule has 0 aliphatic heterocycles. The second kappa shape index (κ2) is 32.5. The van der Waals surface area contributed by atoms with Crippen LogP contribution in [0.25, 0.3) is 25.6 Å². The van der Waals surface area contributed by atoms with E-state index in [9.17, 15) is 43.5 Å². The first-order valence-corrected chi connectivity index (χ1v) is 32.7. The minimum absolute atomic E-state index is 0.139. The van der Waals surface area contributed by atoms with Crippen LogP contribution in [0.4, 0.5) is 57.3 Å². The van der Waals surface area contributed by atoms with E-state index in [0.29, 0.717) is 110 Å². The molecule has 3 aliphatic carbocycles. The summed E-state index contributed by atoms with van der Waals surface area (Å²) in [5, 5.41) is 20.4. The lowest BCUT2D eigenvalue weighted by Gasteiger charge is -2.40. The molecule has 3 fully saturated rings. The lowest BCUT2D eigenvalue weighted by atomic mass is 9.64. The molecular weight excluding hydrogens is 1340 g/mol. The third-order valence-electron chi connectivity index (χ3n) is 18.5. The average Bonchev–Trinajstić information content (AvgIpc) is 1.44. The number of esters is 3. The second-order valence-electron chi connectivity index (χ2n) is 24.5. The number of nitrogens with zero attached hydrogens (tertiary/aromatic N) is 7. The number of nitrogen functional groups attached to an aromatic ring is 3. The van der Waals surface area contributed by atoms with E-state index in [-0.39, 0.29) is 46.0 Å². The Morgan fingerprint density at radius 1 is 0.467 bits per heavy atom. The van der Waals surface area contributed by atoms with Crippen LogP contribution in [0.1, 0.15) is 142 Å². The Kier molecular flexibility index (Phi) is 22.7. The number of ether oxygens (including phenoxy) is 3. The van der Waals surface area contributed by atoms with Gasteiger partial charge in [-0.05, 0) is 128 Å². The Morgan fingerprint density at radius 2 is 0.867 bits per heavy atom. The van der Waals surface area contributed by atoms with Gasteiger partial charge >= 0.3 is 23.9 Å². The van der Waals surface area contributed by atoms with Gasteiger partial charge < -0.3 is 62.8 Å². The molecule has 0 atom stereocenters. The van der Waals surface area contributed by atoms with Gasteiger partial charge in [0.2, 0.25) is 5.91 Å². The van der Waals surface area contributed by atoms with E-state index in [2.05, 4.69) is 60.5 Å². The molecule has 0 unspecified atom stereocenters. The number of aromatic nitrogens is 5. The van der Waals surface area contributed by atoms with Crippen LogP contribution in [0.5, 0.6) is 0 Å². The number of nitrogens with two attached hydrogens (primary N) is 3. The maximum absolute atomic E-state index is 13.3. The first kappa shape index (κ1) is 73.6. The number of amides is 4. The zero-order chi connectivity index (χ0) is 75.0. The van der Waals surface area contributed by atoms with E-state index in [4.69, 9.17) is 51.4 Å². The fourth-order valence-electron chi connectivity index (χ4n) is 12.1. The number of carbonyl (C=O) groups excluding carboxylic acids is 7. The maximum Gasteiger partial charge on any atom is 0.340 e. The number of aromatic amines is 1. The van der Waals surface area contributed by atoms with Gasteiger partial charge in [-0.25, -0.2) is 48.9 Å². The largest absolute Gasteiger partial charge is 0.481 e. The third-order valence-corrected chi connectivity index (χ3v) is 18.5. The first-order chi connectivity index (χ1) is 50.6. The van der Waals surface area contributed by atoms with Crippen LogP contribution in [-0.2, 0) is 40.0 Å². The lowest BCUT2D eigenvalue weighted by molar-refractivity contribution is -0.147. The van der Waals surface area contributed by atoms with Gasteiger partial charge in [0.25, 0.3) is 17.7 Å². The van der Waals surface area contributed by atoms with Crippen molar-refractivity contribution in [2.24, 2.45) is 0 Å². The summed E-state index contributed by atoms with van der Waals surface area (Å²) in [6, 6.07) is 44.8. The first-order valence-electron chi connectivity index (χ1n) is 32.7. The Hall–Kier alpha value is -14.1. The summed E-state index contributed by atoms with van der Waals surface area (Å²) in [5.41, 5.74) is 23.2. The molecule has 0 saturated heterocycles. The molecule has 0 radical (unpaired) electrons. The molecule has 105 heavy (non-hydrogen) atoms. The Labute approximate surface area is 602 Å². The van der Waals surface area contributed by atoms with Crippen LogP contribution in [0.3, 0.4) is 0 Å². The minimum atomic E-state index is -0.834. The number of rotatable bonds is 16.